The molecule has 2 heterocycles. The zero-order valence-corrected chi connectivity index (χ0v) is 27.7. The minimum absolute atomic E-state index is 0.135. The summed E-state index contributed by atoms with van der Waals surface area (Å²) in [6, 6.07) is 21.1. The van der Waals surface area contributed by atoms with Crippen LogP contribution in [0.15, 0.2) is 77.3 Å². The van der Waals surface area contributed by atoms with Gasteiger partial charge < -0.3 is 4.74 Å². The highest BCUT2D eigenvalue weighted by Gasteiger charge is 2.52. The number of imide groups is 1. The van der Waals surface area contributed by atoms with Crippen LogP contribution in [0.1, 0.15) is 39.1 Å². The maximum Gasteiger partial charge on any atom is 0.339 e. The van der Waals surface area contributed by atoms with Crippen molar-refractivity contribution in [3.63, 3.8) is 0 Å². The third-order valence-electron chi connectivity index (χ3n) is 8.02. The summed E-state index contributed by atoms with van der Waals surface area (Å²) in [5, 5.41) is 0.618. The van der Waals surface area contributed by atoms with Gasteiger partial charge in [0.15, 0.2) is 12.4 Å². The van der Waals surface area contributed by atoms with Crippen LogP contribution < -0.4 is 4.90 Å². The number of fused-ring (bicyclic) bond motifs is 2. The summed E-state index contributed by atoms with van der Waals surface area (Å²) in [6.07, 6.45) is 1.21. The first-order valence-corrected chi connectivity index (χ1v) is 16.4. The van der Waals surface area contributed by atoms with Crippen LogP contribution in [-0.4, -0.2) is 44.8 Å². The molecule has 0 spiro atoms. The highest BCUT2D eigenvalue weighted by molar-refractivity contribution is 9.12. The molecule has 0 radical (unpaired) electrons. The third-order valence-corrected chi connectivity index (χ3v) is 11.3. The van der Waals surface area contributed by atoms with Crippen LogP contribution in [0.3, 0.4) is 0 Å². The third kappa shape index (κ3) is 5.84. The number of ether oxygens (including phenoxy) is 1. The highest BCUT2D eigenvalue weighted by atomic mass is 79.9. The van der Waals surface area contributed by atoms with Crippen molar-refractivity contribution in [3.8, 4) is 11.3 Å². The maximum absolute atomic E-state index is 13.3. The summed E-state index contributed by atoms with van der Waals surface area (Å²) in [5.74, 6) is -1.95. The van der Waals surface area contributed by atoms with Crippen molar-refractivity contribution < 1.29 is 23.9 Å². The number of alkyl halides is 2. The predicted octanol–water partition coefficient (Wildman–Crippen LogP) is 7.44. The number of benzene rings is 3. The van der Waals surface area contributed by atoms with Crippen LogP contribution >= 0.6 is 47.8 Å². The van der Waals surface area contributed by atoms with Crippen LogP contribution in [0, 0.1) is 18.8 Å². The number of anilines is 1. The lowest BCUT2D eigenvalue weighted by Gasteiger charge is -2.29. The Kier molecular flexibility index (Phi) is 8.37. The Bertz CT molecular complexity index is 1750. The van der Waals surface area contributed by atoms with E-state index in [1.807, 2.05) is 25.1 Å². The first kappa shape index (κ1) is 29.8. The fourth-order valence-corrected chi connectivity index (χ4v) is 7.22. The molecule has 1 aliphatic heterocycles. The second-order valence-electron chi connectivity index (χ2n) is 10.9. The molecule has 6 rings (SSSR count). The Balaban J connectivity index is 1.27. The van der Waals surface area contributed by atoms with Gasteiger partial charge in [-0.2, -0.15) is 0 Å². The lowest BCUT2D eigenvalue weighted by molar-refractivity contribution is -0.122. The van der Waals surface area contributed by atoms with E-state index in [0.29, 0.717) is 51.8 Å². The van der Waals surface area contributed by atoms with Crippen LogP contribution in [0.25, 0.3) is 22.2 Å². The number of rotatable bonds is 6. The number of nitrogens with zero attached hydrogens (tertiary/aromatic N) is 2. The van der Waals surface area contributed by atoms with Gasteiger partial charge >= 0.3 is 5.97 Å². The minimum atomic E-state index is -0.632. The molecule has 218 valence electrons. The number of hydrogen-bond acceptors (Lipinski definition) is 6. The Hall–Kier alpha value is -3.21. The van der Waals surface area contributed by atoms with Gasteiger partial charge in [0, 0.05) is 30.6 Å². The normalized spacial score (nSPS) is 21.6. The summed E-state index contributed by atoms with van der Waals surface area (Å²) in [6.45, 7) is 1.52. The van der Waals surface area contributed by atoms with Crippen molar-refractivity contribution in [1.82, 2.24) is 4.98 Å². The van der Waals surface area contributed by atoms with E-state index in [1.54, 1.807) is 54.6 Å². The number of esters is 1. The van der Waals surface area contributed by atoms with Crippen molar-refractivity contribution >= 4 is 87.9 Å². The van der Waals surface area contributed by atoms with Crippen molar-refractivity contribution in [3.05, 3.63) is 94.0 Å². The van der Waals surface area contributed by atoms with E-state index >= 15 is 0 Å². The molecular formula is C33H25Br3N2O5. The number of aromatic nitrogens is 1. The van der Waals surface area contributed by atoms with Gasteiger partial charge in [0.25, 0.3) is 0 Å². The van der Waals surface area contributed by atoms with E-state index in [2.05, 4.69) is 47.8 Å². The molecule has 1 saturated heterocycles. The van der Waals surface area contributed by atoms with Gasteiger partial charge in [-0.1, -0.05) is 83.7 Å². The molecule has 1 aliphatic carbocycles. The zero-order valence-electron chi connectivity index (χ0n) is 22.9. The predicted molar refractivity (Wildman–Crippen MR) is 175 cm³/mol. The molecule has 2 aliphatic rings. The van der Waals surface area contributed by atoms with Gasteiger partial charge in [0.1, 0.15) is 0 Å². The molecule has 2 amide bonds. The van der Waals surface area contributed by atoms with Gasteiger partial charge in [-0.3, -0.25) is 19.3 Å². The number of Topliss-reactive ketones (excluding diaryl/α,β-unsaturated/α-hetero) is 1. The first-order chi connectivity index (χ1) is 20.6. The van der Waals surface area contributed by atoms with E-state index in [9.17, 15) is 19.2 Å². The number of amides is 2. The van der Waals surface area contributed by atoms with Crippen molar-refractivity contribution in [2.75, 3.05) is 11.5 Å². The molecule has 10 heteroatoms. The molecule has 1 aromatic heterocycles. The standard InChI is InChI=1S/C33H25Br3N2O5/c1-17-2-11-28-22(12-17)25(33(42)43-16-30(39)19-3-7-20(34)8-4-19)15-29(37-28)18-5-9-21(10-6-18)38-31(40)23-13-26(35)27(36)14-24(23)32(38)41/h2-12,15,23-24,26-27H,13-14,16H2,1H3. The number of hydrogen-bond donors (Lipinski definition) is 0. The second kappa shape index (κ2) is 12.1. The molecule has 1 saturated carbocycles. The Morgan fingerprint density at radius 2 is 1.51 bits per heavy atom. The van der Waals surface area contributed by atoms with Crippen molar-refractivity contribution in [2.45, 2.75) is 29.4 Å². The van der Waals surface area contributed by atoms with Crippen LogP contribution in [0.4, 0.5) is 5.69 Å². The summed E-state index contributed by atoms with van der Waals surface area (Å²) < 4.78 is 6.31. The Morgan fingerprint density at radius 3 is 2.14 bits per heavy atom. The number of ketones is 1. The lowest BCUT2D eigenvalue weighted by Crippen LogP contribution is -2.34. The second-order valence-corrected chi connectivity index (χ2v) is 14.1. The topological polar surface area (TPSA) is 93.6 Å². The first-order valence-electron chi connectivity index (χ1n) is 13.7. The molecule has 7 nitrogen and oxygen atoms in total. The van der Waals surface area contributed by atoms with Gasteiger partial charge in [-0.15, -0.1) is 0 Å². The molecule has 4 aromatic rings. The van der Waals surface area contributed by atoms with Crippen LogP contribution in [0.2, 0.25) is 0 Å². The van der Waals surface area contributed by atoms with Crippen molar-refractivity contribution in [1.29, 1.82) is 0 Å². The average Bonchev–Trinajstić information content (AvgIpc) is 3.24. The molecule has 0 bridgehead atoms. The number of halogens is 3. The molecule has 4 atom stereocenters. The van der Waals surface area contributed by atoms with Crippen molar-refractivity contribution in [2.24, 2.45) is 11.8 Å². The van der Waals surface area contributed by atoms with E-state index in [-0.39, 0.29) is 39.1 Å². The number of pyridine rings is 1. The molecule has 0 N–H and O–H groups in total. The Labute approximate surface area is 273 Å². The molecule has 4 unspecified atom stereocenters. The van der Waals surface area contributed by atoms with E-state index < -0.39 is 12.6 Å². The molecule has 2 fully saturated rings. The number of carbonyl (C=O) groups is 4. The van der Waals surface area contributed by atoms with Gasteiger partial charge in [0.2, 0.25) is 11.8 Å². The van der Waals surface area contributed by atoms with Crippen LogP contribution in [0.5, 0.6) is 0 Å². The quantitative estimate of drug-likeness (QED) is 0.0877. The number of aryl methyl sites for hydroxylation is 1. The average molecular weight is 769 g/mol. The Morgan fingerprint density at radius 1 is 0.884 bits per heavy atom. The molecule has 43 heavy (non-hydrogen) atoms. The van der Waals surface area contributed by atoms with Gasteiger partial charge in [0.05, 0.1) is 34.3 Å². The molecule has 3 aromatic carbocycles. The monoisotopic (exact) mass is 766 g/mol. The lowest BCUT2D eigenvalue weighted by atomic mass is 9.81. The summed E-state index contributed by atoms with van der Waals surface area (Å²) in [5.41, 5.74) is 4.01. The van der Waals surface area contributed by atoms with Crippen LogP contribution in [-0.2, 0) is 14.3 Å². The van der Waals surface area contributed by atoms with Gasteiger partial charge in [-0.25, -0.2) is 9.78 Å². The smallest absolute Gasteiger partial charge is 0.339 e. The van der Waals surface area contributed by atoms with E-state index in [0.717, 1.165) is 10.0 Å². The minimum Gasteiger partial charge on any atom is -0.454 e. The maximum atomic E-state index is 13.3. The largest absolute Gasteiger partial charge is 0.454 e. The highest BCUT2D eigenvalue weighted by Crippen LogP contribution is 2.44. The summed E-state index contributed by atoms with van der Waals surface area (Å²) in [7, 11) is 0. The summed E-state index contributed by atoms with van der Waals surface area (Å²) in [4.78, 5) is 58.8. The SMILES string of the molecule is Cc1ccc2nc(-c3ccc(N4C(=O)C5CC(Br)C(Br)CC5C4=O)cc3)cc(C(=O)OCC(=O)c3ccc(Br)cc3)c2c1. The van der Waals surface area contributed by atoms with Gasteiger partial charge in [-0.05, 0) is 62.2 Å². The summed E-state index contributed by atoms with van der Waals surface area (Å²) >= 11 is 10.6. The fraction of sp³-hybridized carbons (Fsp3) is 0.242. The van der Waals surface area contributed by atoms with E-state index in [1.165, 1.54) is 4.90 Å². The molecular weight excluding hydrogens is 744 g/mol. The number of carbonyl (C=O) groups excluding carboxylic acids is 4. The van der Waals surface area contributed by atoms with E-state index in [4.69, 9.17) is 9.72 Å². The zero-order chi connectivity index (χ0) is 30.4. The fourth-order valence-electron chi connectivity index (χ4n) is 5.72.